The number of thiophene rings is 1. The molecule has 0 atom stereocenters. The van der Waals surface area contributed by atoms with Crippen LogP contribution in [0.15, 0.2) is 70.1 Å². The Bertz CT molecular complexity index is 1140. The van der Waals surface area contributed by atoms with Gasteiger partial charge in [0.1, 0.15) is 5.70 Å². The zero-order valence-electron chi connectivity index (χ0n) is 15.7. The molecule has 0 aliphatic rings. The normalized spacial score (nSPS) is 11.1. The van der Waals surface area contributed by atoms with E-state index >= 15 is 0 Å². The molecule has 7 nitrogen and oxygen atoms in total. The smallest absolute Gasteiger partial charge is 0.272 e. The number of halogens is 1. The van der Waals surface area contributed by atoms with Gasteiger partial charge in [0.25, 0.3) is 17.5 Å². The minimum atomic E-state index is -0.559. The lowest BCUT2D eigenvalue weighted by atomic mass is 10.1. The summed E-state index contributed by atoms with van der Waals surface area (Å²) in [6.45, 7) is 1.92. The zero-order valence-corrected chi connectivity index (χ0v) is 18.1. The molecule has 2 N–H and O–H groups in total. The monoisotopic (exact) mass is 485 g/mol. The van der Waals surface area contributed by atoms with Gasteiger partial charge in [-0.15, -0.1) is 11.3 Å². The van der Waals surface area contributed by atoms with Gasteiger partial charge in [-0.25, -0.2) is 0 Å². The van der Waals surface area contributed by atoms with Crippen LogP contribution < -0.4 is 10.6 Å². The van der Waals surface area contributed by atoms with Crippen LogP contribution in [0.5, 0.6) is 0 Å². The highest BCUT2D eigenvalue weighted by atomic mass is 79.9. The van der Waals surface area contributed by atoms with Gasteiger partial charge in [-0.05, 0) is 63.6 Å². The number of aryl methyl sites for hydroxylation is 1. The number of hydrogen-bond donors (Lipinski definition) is 2. The standard InChI is InChI=1S/C21H16BrN3O4S/c1-13-7-8-17(16(22)10-13)23-20(26)18(24-21(27)19-6-3-9-30-19)12-14-4-2-5-15(11-14)25(28)29/h2-12H,1H3,(H,23,26)(H,24,27)/b18-12-. The van der Waals surface area contributed by atoms with E-state index in [2.05, 4.69) is 26.6 Å². The molecule has 9 heteroatoms. The lowest BCUT2D eigenvalue weighted by molar-refractivity contribution is -0.384. The number of carbonyl (C=O) groups is 2. The SMILES string of the molecule is Cc1ccc(NC(=O)/C(=C/c2cccc([N+](=O)[O-])c2)NC(=O)c2cccs2)c(Br)c1. The number of benzene rings is 2. The zero-order chi connectivity index (χ0) is 21.7. The van der Waals surface area contributed by atoms with Gasteiger partial charge < -0.3 is 10.6 Å². The van der Waals surface area contributed by atoms with Crippen molar-refractivity contribution >= 4 is 56.5 Å². The van der Waals surface area contributed by atoms with Crippen LogP contribution in [0.25, 0.3) is 6.08 Å². The van der Waals surface area contributed by atoms with Gasteiger partial charge in [-0.3, -0.25) is 19.7 Å². The van der Waals surface area contributed by atoms with Crippen LogP contribution in [0, 0.1) is 17.0 Å². The Morgan fingerprint density at radius 2 is 1.93 bits per heavy atom. The fraction of sp³-hybridized carbons (Fsp3) is 0.0476. The lowest BCUT2D eigenvalue weighted by Gasteiger charge is -2.12. The van der Waals surface area contributed by atoms with Gasteiger partial charge in [0, 0.05) is 16.6 Å². The molecule has 0 aliphatic heterocycles. The van der Waals surface area contributed by atoms with Crippen molar-refractivity contribution in [1.82, 2.24) is 5.32 Å². The maximum absolute atomic E-state index is 12.9. The number of hydrogen-bond acceptors (Lipinski definition) is 5. The summed E-state index contributed by atoms with van der Waals surface area (Å²) in [5, 5.41) is 18.1. The van der Waals surface area contributed by atoms with Crippen molar-refractivity contribution in [3.8, 4) is 0 Å². The molecule has 0 spiro atoms. The van der Waals surface area contributed by atoms with E-state index in [9.17, 15) is 19.7 Å². The average Bonchev–Trinajstić information content (AvgIpc) is 3.24. The highest BCUT2D eigenvalue weighted by Gasteiger charge is 2.17. The van der Waals surface area contributed by atoms with Gasteiger partial charge >= 0.3 is 0 Å². The topological polar surface area (TPSA) is 101 Å². The number of anilines is 1. The Kier molecular flexibility index (Phi) is 6.76. The summed E-state index contributed by atoms with van der Waals surface area (Å²) in [5.41, 5.74) is 1.79. The molecule has 3 aromatic rings. The van der Waals surface area contributed by atoms with Crippen LogP contribution in [0.1, 0.15) is 20.8 Å². The Morgan fingerprint density at radius 1 is 1.13 bits per heavy atom. The fourth-order valence-corrected chi connectivity index (χ4v) is 3.77. The second-order valence-electron chi connectivity index (χ2n) is 6.28. The van der Waals surface area contributed by atoms with E-state index in [1.54, 1.807) is 29.6 Å². The summed E-state index contributed by atoms with van der Waals surface area (Å²) in [7, 11) is 0. The predicted molar refractivity (Wildman–Crippen MR) is 120 cm³/mol. The number of rotatable bonds is 6. The number of nitro benzene ring substituents is 1. The van der Waals surface area contributed by atoms with Crippen LogP contribution >= 0.6 is 27.3 Å². The van der Waals surface area contributed by atoms with Crippen molar-refractivity contribution in [2.24, 2.45) is 0 Å². The van der Waals surface area contributed by atoms with Crippen molar-refractivity contribution in [1.29, 1.82) is 0 Å². The first kappa shape index (κ1) is 21.4. The van der Waals surface area contributed by atoms with E-state index in [1.807, 2.05) is 19.1 Å². The summed E-state index contributed by atoms with van der Waals surface area (Å²) >= 11 is 4.64. The molecule has 0 aliphatic carbocycles. The highest BCUT2D eigenvalue weighted by molar-refractivity contribution is 9.10. The van der Waals surface area contributed by atoms with Crippen molar-refractivity contribution < 1.29 is 14.5 Å². The Morgan fingerprint density at radius 3 is 2.60 bits per heavy atom. The van der Waals surface area contributed by atoms with E-state index in [0.717, 1.165) is 5.56 Å². The first-order valence-corrected chi connectivity index (χ1v) is 10.4. The summed E-state index contributed by atoms with van der Waals surface area (Å²) in [6, 6.07) is 14.6. The Hall–Kier alpha value is -3.30. The van der Waals surface area contributed by atoms with Crippen molar-refractivity contribution in [2.45, 2.75) is 6.92 Å². The van der Waals surface area contributed by atoms with E-state index in [0.29, 0.717) is 20.6 Å². The van der Waals surface area contributed by atoms with Crippen molar-refractivity contribution in [3.05, 3.63) is 96.3 Å². The van der Waals surface area contributed by atoms with Gasteiger partial charge in [-0.1, -0.05) is 24.3 Å². The predicted octanol–water partition coefficient (Wildman–Crippen LogP) is 5.14. The maximum Gasteiger partial charge on any atom is 0.272 e. The number of non-ortho nitro benzene ring substituents is 1. The molecule has 0 unspecified atom stereocenters. The molecule has 30 heavy (non-hydrogen) atoms. The summed E-state index contributed by atoms with van der Waals surface area (Å²) in [5.74, 6) is -1.00. The first-order valence-electron chi connectivity index (χ1n) is 8.72. The number of nitrogens with zero attached hydrogens (tertiary/aromatic N) is 1. The van der Waals surface area contributed by atoms with Crippen LogP contribution in [-0.4, -0.2) is 16.7 Å². The van der Waals surface area contributed by atoms with E-state index in [-0.39, 0.29) is 11.4 Å². The van der Waals surface area contributed by atoms with Gasteiger partial charge in [0.15, 0.2) is 0 Å². The average molecular weight is 486 g/mol. The molecule has 0 fully saturated rings. The molecule has 1 heterocycles. The third-order valence-electron chi connectivity index (χ3n) is 4.00. The van der Waals surface area contributed by atoms with E-state index in [4.69, 9.17) is 0 Å². The van der Waals surface area contributed by atoms with E-state index < -0.39 is 16.7 Å². The van der Waals surface area contributed by atoms with Crippen molar-refractivity contribution in [3.63, 3.8) is 0 Å². The fourth-order valence-electron chi connectivity index (χ4n) is 2.56. The molecule has 2 aromatic carbocycles. The minimum absolute atomic E-state index is 0.0404. The number of nitrogens with one attached hydrogen (secondary N) is 2. The minimum Gasteiger partial charge on any atom is -0.320 e. The van der Waals surface area contributed by atoms with Crippen LogP contribution in [0.3, 0.4) is 0 Å². The molecular formula is C21H16BrN3O4S. The van der Waals surface area contributed by atoms with Gasteiger partial charge in [0.2, 0.25) is 0 Å². The van der Waals surface area contributed by atoms with Gasteiger partial charge in [0.05, 0.1) is 15.5 Å². The molecule has 152 valence electrons. The lowest BCUT2D eigenvalue weighted by Crippen LogP contribution is -2.30. The number of nitro groups is 1. The molecule has 0 saturated carbocycles. The number of amides is 2. The summed E-state index contributed by atoms with van der Waals surface area (Å²) < 4.78 is 0.690. The Balaban J connectivity index is 1.93. The molecule has 0 radical (unpaired) electrons. The summed E-state index contributed by atoms with van der Waals surface area (Å²) in [6.07, 6.45) is 1.40. The summed E-state index contributed by atoms with van der Waals surface area (Å²) in [4.78, 5) is 36.4. The third-order valence-corrected chi connectivity index (χ3v) is 5.53. The van der Waals surface area contributed by atoms with Crippen LogP contribution in [0.4, 0.5) is 11.4 Å². The molecular weight excluding hydrogens is 470 g/mol. The molecule has 0 saturated heterocycles. The molecule has 3 rings (SSSR count). The second-order valence-corrected chi connectivity index (χ2v) is 8.08. The van der Waals surface area contributed by atoms with E-state index in [1.165, 1.54) is 35.6 Å². The van der Waals surface area contributed by atoms with Crippen LogP contribution in [0.2, 0.25) is 0 Å². The highest BCUT2D eigenvalue weighted by Crippen LogP contribution is 2.24. The molecule has 0 bridgehead atoms. The molecule has 1 aromatic heterocycles. The van der Waals surface area contributed by atoms with Gasteiger partial charge in [-0.2, -0.15) is 0 Å². The Labute approximate surface area is 184 Å². The molecule has 2 amide bonds. The largest absolute Gasteiger partial charge is 0.320 e. The first-order chi connectivity index (χ1) is 14.3. The quantitative estimate of drug-likeness (QED) is 0.286. The number of carbonyl (C=O) groups excluding carboxylic acids is 2. The second kappa shape index (κ2) is 9.47. The van der Waals surface area contributed by atoms with Crippen molar-refractivity contribution in [2.75, 3.05) is 5.32 Å². The maximum atomic E-state index is 12.9. The van der Waals surface area contributed by atoms with Crippen LogP contribution in [-0.2, 0) is 4.79 Å². The third kappa shape index (κ3) is 5.40.